The summed E-state index contributed by atoms with van der Waals surface area (Å²) >= 11 is 0. The highest BCUT2D eigenvalue weighted by molar-refractivity contribution is 6.04. The SMILES string of the molecule is O=C(COc1ccc(NC(=O)c2cccc([N+](=O)[O-])c2)cc1)NCc1ccco1. The molecule has 1 aromatic heterocycles. The molecule has 0 aliphatic carbocycles. The lowest BCUT2D eigenvalue weighted by molar-refractivity contribution is -0.384. The third-order valence-corrected chi connectivity index (χ3v) is 3.84. The summed E-state index contributed by atoms with van der Waals surface area (Å²) in [6.45, 7) is 0.109. The third kappa shape index (κ3) is 5.67. The van der Waals surface area contributed by atoms with Crippen LogP contribution in [0.5, 0.6) is 5.75 Å². The Hall–Kier alpha value is -4.14. The number of carbonyl (C=O) groups excluding carboxylic acids is 2. The Morgan fingerprint density at radius 2 is 1.86 bits per heavy atom. The number of hydrogen-bond donors (Lipinski definition) is 2. The monoisotopic (exact) mass is 395 g/mol. The van der Waals surface area contributed by atoms with Crippen LogP contribution in [0.1, 0.15) is 16.1 Å². The zero-order valence-corrected chi connectivity index (χ0v) is 15.2. The van der Waals surface area contributed by atoms with E-state index in [0.29, 0.717) is 17.2 Å². The zero-order chi connectivity index (χ0) is 20.6. The van der Waals surface area contributed by atoms with Crippen molar-refractivity contribution in [2.75, 3.05) is 11.9 Å². The van der Waals surface area contributed by atoms with Gasteiger partial charge in [-0.25, -0.2) is 0 Å². The second-order valence-electron chi connectivity index (χ2n) is 5.93. The van der Waals surface area contributed by atoms with Crippen molar-refractivity contribution in [3.63, 3.8) is 0 Å². The molecule has 0 atom stereocenters. The van der Waals surface area contributed by atoms with Crippen molar-refractivity contribution in [3.05, 3.63) is 88.4 Å². The lowest BCUT2D eigenvalue weighted by atomic mass is 10.2. The molecular weight excluding hydrogens is 378 g/mol. The van der Waals surface area contributed by atoms with Gasteiger partial charge in [-0.3, -0.25) is 19.7 Å². The van der Waals surface area contributed by atoms with E-state index in [4.69, 9.17) is 9.15 Å². The van der Waals surface area contributed by atoms with Gasteiger partial charge in [0, 0.05) is 23.4 Å². The van der Waals surface area contributed by atoms with Crippen LogP contribution in [0.3, 0.4) is 0 Å². The van der Waals surface area contributed by atoms with E-state index in [9.17, 15) is 19.7 Å². The summed E-state index contributed by atoms with van der Waals surface area (Å²) in [5.41, 5.74) is 0.496. The molecule has 0 fully saturated rings. The fourth-order valence-electron chi connectivity index (χ4n) is 2.40. The van der Waals surface area contributed by atoms with E-state index in [1.54, 1.807) is 36.4 Å². The molecule has 3 aromatic rings. The molecule has 0 unspecified atom stereocenters. The summed E-state index contributed by atoms with van der Waals surface area (Å²) in [6.07, 6.45) is 1.53. The number of furan rings is 1. The highest BCUT2D eigenvalue weighted by atomic mass is 16.6. The van der Waals surface area contributed by atoms with E-state index in [-0.39, 0.29) is 30.3 Å². The third-order valence-electron chi connectivity index (χ3n) is 3.84. The molecule has 2 N–H and O–H groups in total. The van der Waals surface area contributed by atoms with Crippen molar-refractivity contribution < 1.29 is 23.7 Å². The maximum Gasteiger partial charge on any atom is 0.270 e. The molecule has 1 heterocycles. The van der Waals surface area contributed by atoms with Crippen molar-refractivity contribution >= 4 is 23.2 Å². The second kappa shape index (κ2) is 9.18. The zero-order valence-electron chi connectivity index (χ0n) is 15.2. The molecule has 2 amide bonds. The largest absolute Gasteiger partial charge is 0.484 e. The van der Waals surface area contributed by atoms with E-state index in [1.807, 2.05) is 0 Å². The van der Waals surface area contributed by atoms with Crippen LogP contribution in [-0.2, 0) is 11.3 Å². The number of amides is 2. The number of nitrogens with one attached hydrogen (secondary N) is 2. The van der Waals surface area contributed by atoms with Gasteiger partial charge in [-0.2, -0.15) is 0 Å². The van der Waals surface area contributed by atoms with Gasteiger partial charge in [0.2, 0.25) is 0 Å². The molecule has 9 heteroatoms. The summed E-state index contributed by atoms with van der Waals surface area (Å²) in [5, 5.41) is 16.1. The second-order valence-corrected chi connectivity index (χ2v) is 5.93. The maximum absolute atomic E-state index is 12.2. The summed E-state index contributed by atoms with van der Waals surface area (Å²) in [4.78, 5) is 34.3. The molecule has 9 nitrogen and oxygen atoms in total. The minimum Gasteiger partial charge on any atom is -0.484 e. The van der Waals surface area contributed by atoms with E-state index in [2.05, 4.69) is 10.6 Å². The maximum atomic E-state index is 12.2. The topological polar surface area (TPSA) is 124 Å². The summed E-state index contributed by atoms with van der Waals surface area (Å²) < 4.78 is 10.5. The number of nitro benzene ring substituents is 1. The molecule has 0 spiro atoms. The molecule has 0 saturated carbocycles. The minimum absolute atomic E-state index is 0.160. The van der Waals surface area contributed by atoms with Gasteiger partial charge < -0.3 is 19.8 Å². The number of benzene rings is 2. The van der Waals surface area contributed by atoms with E-state index in [0.717, 1.165) is 0 Å². The molecule has 29 heavy (non-hydrogen) atoms. The first-order chi connectivity index (χ1) is 14.0. The number of rotatable bonds is 8. The Kier molecular flexibility index (Phi) is 6.21. The number of anilines is 1. The Bertz CT molecular complexity index is 999. The fraction of sp³-hybridized carbons (Fsp3) is 0.100. The van der Waals surface area contributed by atoms with Crippen LogP contribution in [0.4, 0.5) is 11.4 Å². The molecule has 148 valence electrons. The normalized spacial score (nSPS) is 10.2. The number of nitrogens with zero attached hydrogens (tertiary/aromatic N) is 1. The first-order valence-electron chi connectivity index (χ1n) is 8.59. The van der Waals surface area contributed by atoms with Crippen LogP contribution in [0.15, 0.2) is 71.3 Å². The van der Waals surface area contributed by atoms with Gasteiger partial charge in [0.05, 0.1) is 17.7 Å². The predicted octanol–water partition coefficient (Wildman–Crippen LogP) is 3.14. The van der Waals surface area contributed by atoms with Gasteiger partial charge in [0.25, 0.3) is 17.5 Å². The van der Waals surface area contributed by atoms with E-state index < -0.39 is 10.8 Å². The molecule has 0 aliphatic rings. The van der Waals surface area contributed by atoms with Crippen molar-refractivity contribution in [1.29, 1.82) is 0 Å². The van der Waals surface area contributed by atoms with Crippen LogP contribution in [0.2, 0.25) is 0 Å². The lowest BCUT2D eigenvalue weighted by Crippen LogP contribution is -2.28. The van der Waals surface area contributed by atoms with E-state index in [1.165, 1.54) is 30.5 Å². The van der Waals surface area contributed by atoms with Crippen LogP contribution >= 0.6 is 0 Å². The molecule has 2 aromatic carbocycles. The molecule has 0 radical (unpaired) electrons. The minimum atomic E-state index is -0.562. The highest BCUT2D eigenvalue weighted by Crippen LogP contribution is 2.18. The highest BCUT2D eigenvalue weighted by Gasteiger charge is 2.12. The molecule has 3 rings (SSSR count). The van der Waals surface area contributed by atoms with Gasteiger partial charge >= 0.3 is 0 Å². The quantitative estimate of drug-likeness (QED) is 0.446. The number of nitro groups is 1. The van der Waals surface area contributed by atoms with Gasteiger partial charge in [-0.05, 0) is 42.5 Å². The first kappa shape index (κ1) is 19.6. The van der Waals surface area contributed by atoms with E-state index >= 15 is 0 Å². The standard InChI is InChI=1S/C20H17N3O6/c24-19(21-12-18-5-2-10-28-18)13-29-17-8-6-15(7-9-17)22-20(25)14-3-1-4-16(11-14)23(26)27/h1-11H,12-13H2,(H,21,24)(H,22,25). The first-order valence-corrected chi connectivity index (χ1v) is 8.59. The predicted molar refractivity (Wildman–Crippen MR) is 104 cm³/mol. The smallest absolute Gasteiger partial charge is 0.270 e. The van der Waals surface area contributed by atoms with Crippen molar-refractivity contribution in [2.24, 2.45) is 0 Å². The average Bonchev–Trinajstić information content (AvgIpc) is 3.25. The molecule has 0 saturated heterocycles. The Labute approximate surface area is 165 Å². The van der Waals surface area contributed by atoms with Gasteiger partial charge in [0.1, 0.15) is 11.5 Å². The lowest BCUT2D eigenvalue weighted by Gasteiger charge is -2.09. The summed E-state index contributed by atoms with van der Waals surface area (Å²) in [6, 6.07) is 15.3. The number of hydrogen-bond acceptors (Lipinski definition) is 6. The Morgan fingerprint density at radius 1 is 1.07 bits per heavy atom. The Morgan fingerprint density at radius 3 is 2.55 bits per heavy atom. The number of carbonyl (C=O) groups is 2. The number of ether oxygens (including phenoxy) is 1. The Balaban J connectivity index is 1.49. The van der Waals surface area contributed by atoms with Crippen molar-refractivity contribution in [2.45, 2.75) is 6.54 Å². The summed E-state index contributed by atoms with van der Waals surface area (Å²) in [5.74, 6) is 0.317. The van der Waals surface area contributed by atoms with Crippen LogP contribution in [0.25, 0.3) is 0 Å². The van der Waals surface area contributed by atoms with Gasteiger partial charge in [0.15, 0.2) is 6.61 Å². The molecule has 0 aliphatic heterocycles. The molecule has 0 bridgehead atoms. The number of non-ortho nitro benzene ring substituents is 1. The van der Waals surface area contributed by atoms with Crippen LogP contribution in [0, 0.1) is 10.1 Å². The summed E-state index contributed by atoms with van der Waals surface area (Å²) in [7, 11) is 0. The van der Waals surface area contributed by atoms with Crippen molar-refractivity contribution in [1.82, 2.24) is 5.32 Å². The van der Waals surface area contributed by atoms with Crippen LogP contribution in [-0.4, -0.2) is 23.3 Å². The van der Waals surface area contributed by atoms with Crippen LogP contribution < -0.4 is 15.4 Å². The van der Waals surface area contributed by atoms with Gasteiger partial charge in [-0.1, -0.05) is 6.07 Å². The van der Waals surface area contributed by atoms with Gasteiger partial charge in [-0.15, -0.1) is 0 Å². The average molecular weight is 395 g/mol. The molecular formula is C20H17N3O6. The fourth-order valence-corrected chi connectivity index (χ4v) is 2.40. The van der Waals surface area contributed by atoms with Crippen molar-refractivity contribution in [3.8, 4) is 5.75 Å².